The zero-order valence-electron chi connectivity index (χ0n) is 12.9. The molecule has 3 aromatic rings. The molecule has 0 aliphatic carbocycles. The van der Waals surface area contributed by atoms with Crippen molar-refractivity contribution in [2.24, 2.45) is 0 Å². The van der Waals surface area contributed by atoms with Gasteiger partial charge in [-0.1, -0.05) is 18.2 Å². The number of benzene rings is 1. The van der Waals surface area contributed by atoms with Crippen molar-refractivity contribution in [3.63, 3.8) is 0 Å². The van der Waals surface area contributed by atoms with Crippen molar-refractivity contribution in [1.82, 2.24) is 10.3 Å². The first kappa shape index (κ1) is 15.9. The topological polar surface area (TPSA) is 84.2 Å². The van der Waals surface area contributed by atoms with E-state index in [1.54, 1.807) is 24.3 Å². The lowest BCUT2D eigenvalue weighted by atomic mass is 10.2. The maximum Gasteiger partial charge on any atom is 0.257 e. The molecule has 2 amide bonds. The summed E-state index contributed by atoms with van der Waals surface area (Å²) in [6.07, 6.45) is 0. The average molecular weight is 341 g/mol. The van der Waals surface area contributed by atoms with E-state index < -0.39 is 0 Å². The van der Waals surface area contributed by atoms with Crippen molar-refractivity contribution in [2.45, 2.75) is 13.5 Å². The van der Waals surface area contributed by atoms with Crippen molar-refractivity contribution in [3.8, 4) is 11.5 Å². The fourth-order valence-electron chi connectivity index (χ4n) is 2.03. The molecule has 6 nitrogen and oxygen atoms in total. The van der Waals surface area contributed by atoms with Gasteiger partial charge >= 0.3 is 0 Å². The molecular formula is C17H15N3O3S. The molecule has 7 heteroatoms. The second-order valence-corrected chi connectivity index (χ2v) is 5.89. The van der Waals surface area contributed by atoms with E-state index in [1.807, 2.05) is 23.6 Å². The molecule has 1 aromatic carbocycles. The molecule has 24 heavy (non-hydrogen) atoms. The summed E-state index contributed by atoms with van der Waals surface area (Å²) in [4.78, 5) is 27.4. The number of anilines is 1. The number of thiazole rings is 1. The zero-order valence-corrected chi connectivity index (χ0v) is 13.7. The summed E-state index contributed by atoms with van der Waals surface area (Å²) >= 11 is 1.32. The Morgan fingerprint density at radius 3 is 2.71 bits per heavy atom. The molecule has 0 unspecified atom stereocenters. The highest BCUT2D eigenvalue weighted by molar-refractivity contribution is 7.14. The molecule has 0 radical (unpaired) electrons. The van der Waals surface area contributed by atoms with Crippen LogP contribution in [0.5, 0.6) is 0 Å². The second kappa shape index (κ2) is 7.10. The number of hydrogen-bond donors (Lipinski definition) is 2. The molecule has 2 N–H and O–H groups in total. The molecule has 0 atom stereocenters. The quantitative estimate of drug-likeness (QED) is 0.746. The summed E-state index contributed by atoms with van der Waals surface area (Å²) in [6.45, 7) is 1.78. The first-order valence-corrected chi connectivity index (χ1v) is 8.15. The summed E-state index contributed by atoms with van der Waals surface area (Å²) in [5.41, 5.74) is 1.21. The number of carbonyl (C=O) groups excluding carboxylic acids is 2. The summed E-state index contributed by atoms with van der Waals surface area (Å²) < 4.78 is 5.64. The maximum atomic E-state index is 12.1. The number of furan rings is 1. The largest absolute Gasteiger partial charge is 0.458 e. The molecule has 0 spiro atoms. The summed E-state index contributed by atoms with van der Waals surface area (Å²) in [6, 6.07) is 12.5. The van der Waals surface area contributed by atoms with Crippen LogP contribution in [-0.2, 0) is 11.3 Å². The lowest BCUT2D eigenvalue weighted by Gasteiger charge is -2.00. The van der Waals surface area contributed by atoms with Crippen LogP contribution in [0.4, 0.5) is 5.13 Å². The van der Waals surface area contributed by atoms with Gasteiger partial charge in [-0.3, -0.25) is 14.9 Å². The number of aromatic nitrogens is 1. The highest BCUT2D eigenvalue weighted by Gasteiger charge is 2.12. The van der Waals surface area contributed by atoms with Crippen molar-refractivity contribution in [1.29, 1.82) is 0 Å². The number of nitrogens with zero attached hydrogens (tertiary/aromatic N) is 1. The average Bonchev–Trinajstić information content (AvgIpc) is 3.22. The number of carbonyl (C=O) groups is 2. The highest BCUT2D eigenvalue weighted by Crippen LogP contribution is 2.26. The van der Waals surface area contributed by atoms with Gasteiger partial charge in [0.1, 0.15) is 11.5 Å². The predicted octanol–water partition coefficient (Wildman–Crippen LogP) is 3.29. The van der Waals surface area contributed by atoms with Crippen LogP contribution in [0.1, 0.15) is 23.0 Å². The molecule has 0 bridgehead atoms. The van der Waals surface area contributed by atoms with Gasteiger partial charge in [0.25, 0.3) is 5.91 Å². The Bertz CT molecular complexity index is 855. The maximum absolute atomic E-state index is 12.1. The first-order valence-electron chi connectivity index (χ1n) is 7.27. The van der Waals surface area contributed by atoms with Crippen molar-refractivity contribution < 1.29 is 14.0 Å². The molecular weight excluding hydrogens is 326 g/mol. The van der Waals surface area contributed by atoms with Gasteiger partial charge in [0.2, 0.25) is 5.91 Å². The van der Waals surface area contributed by atoms with Gasteiger partial charge in [0, 0.05) is 17.9 Å². The SMILES string of the molecule is CC(=O)NCc1ccc(-c2csc(NC(=O)c3ccccc3)n2)o1. The normalized spacial score (nSPS) is 10.4. The fourth-order valence-corrected chi connectivity index (χ4v) is 2.72. The Balaban J connectivity index is 1.67. The predicted molar refractivity (Wildman–Crippen MR) is 91.7 cm³/mol. The summed E-state index contributed by atoms with van der Waals surface area (Å²) in [5.74, 6) is 0.907. The van der Waals surface area contributed by atoms with Gasteiger partial charge in [-0.25, -0.2) is 4.98 Å². The van der Waals surface area contributed by atoms with Crippen LogP contribution in [0.2, 0.25) is 0 Å². The Hall–Kier alpha value is -2.93. The molecule has 2 aromatic heterocycles. The van der Waals surface area contributed by atoms with E-state index in [9.17, 15) is 9.59 Å². The molecule has 0 saturated heterocycles. The molecule has 0 aliphatic rings. The van der Waals surface area contributed by atoms with Crippen LogP contribution in [0.3, 0.4) is 0 Å². The third-order valence-electron chi connectivity index (χ3n) is 3.19. The molecule has 2 heterocycles. The third-order valence-corrected chi connectivity index (χ3v) is 3.94. The van der Waals surface area contributed by atoms with E-state index in [-0.39, 0.29) is 11.8 Å². The molecule has 0 aliphatic heterocycles. The van der Waals surface area contributed by atoms with Gasteiger partial charge in [-0.05, 0) is 24.3 Å². The van der Waals surface area contributed by atoms with Gasteiger partial charge in [-0.15, -0.1) is 11.3 Å². The minimum absolute atomic E-state index is 0.118. The number of hydrogen-bond acceptors (Lipinski definition) is 5. The minimum Gasteiger partial charge on any atom is -0.458 e. The van der Waals surface area contributed by atoms with Crippen LogP contribution >= 0.6 is 11.3 Å². The minimum atomic E-state index is -0.206. The van der Waals surface area contributed by atoms with Crippen molar-refractivity contribution in [3.05, 3.63) is 59.2 Å². The van der Waals surface area contributed by atoms with E-state index >= 15 is 0 Å². The smallest absolute Gasteiger partial charge is 0.257 e. The highest BCUT2D eigenvalue weighted by atomic mass is 32.1. The Kier molecular flexibility index (Phi) is 4.72. The van der Waals surface area contributed by atoms with E-state index in [0.29, 0.717) is 34.5 Å². The van der Waals surface area contributed by atoms with Crippen LogP contribution in [0.15, 0.2) is 52.3 Å². The van der Waals surface area contributed by atoms with E-state index in [0.717, 1.165) is 0 Å². The number of rotatable bonds is 5. The van der Waals surface area contributed by atoms with Crippen molar-refractivity contribution >= 4 is 28.3 Å². The van der Waals surface area contributed by atoms with E-state index in [4.69, 9.17) is 4.42 Å². The third kappa shape index (κ3) is 3.88. The monoisotopic (exact) mass is 341 g/mol. The van der Waals surface area contributed by atoms with Gasteiger partial charge in [0.05, 0.1) is 6.54 Å². The Morgan fingerprint density at radius 1 is 1.17 bits per heavy atom. The van der Waals surface area contributed by atoms with Gasteiger partial charge in [-0.2, -0.15) is 0 Å². The zero-order chi connectivity index (χ0) is 16.9. The molecule has 0 saturated carbocycles. The lowest BCUT2D eigenvalue weighted by Crippen LogP contribution is -2.18. The number of amides is 2. The van der Waals surface area contributed by atoms with Crippen molar-refractivity contribution in [2.75, 3.05) is 5.32 Å². The molecule has 0 fully saturated rings. The van der Waals surface area contributed by atoms with Gasteiger partial charge in [0.15, 0.2) is 10.9 Å². The van der Waals surface area contributed by atoms with Gasteiger partial charge < -0.3 is 9.73 Å². The standard InChI is InChI=1S/C17H15N3O3S/c1-11(21)18-9-13-7-8-15(23-13)14-10-24-17(19-14)20-16(22)12-5-3-2-4-6-12/h2-8,10H,9H2,1H3,(H,18,21)(H,19,20,22). The summed E-state index contributed by atoms with van der Waals surface area (Å²) in [5, 5.41) is 7.74. The first-order chi connectivity index (χ1) is 11.6. The van der Waals surface area contributed by atoms with E-state index in [1.165, 1.54) is 18.3 Å². The van der Waals surface area contributed by atoms with Crippen LogP contribution in [0.25, 0.3) is 11.5 Å². The molecule has 122 valence electrons. The fraction of sp³-hybridized carbons (Fsp3) is 0.118. The Morgan fingerprint density at radius 2 is 1.96 bits per heavy atom. The molecule has 3 rings (SSSR count). The van der Waals surface area contributed by atoms with Crippen LogP contribution in [0, 0.1) is 0 Å². The Labute approximate surface area is 142 Å². The summed E-state index contributed by atoms with van der Waals surface area (Å²) in [7, 11) is 0. The van der Waals surface area contributed by atoms with Crippen LogP contribution < -0.4 is 10.6 Å². The second-order valence-electron chi connectivity index (χ2n) is 5.03. The number of nitrogens with one attached hydrogen (secondary N) is 2. The van der Waals surface area contributed by atoms with E-state index in [2.05, 4.69) is 15.6 Å². The van der Waals surface area contributed by atoms with Crippen LogP contribution in [-0.4, -0.2) is 16.8 Å². The lowest BCUT2D eigenvalue weighted by molar-refractivity contribution is -0.119.